The molecule has 1 N–H and O–H groups in total. The number of hydrogen-bond donors (Lipinski definition) is 1. The van der Waals surface area contributed by atoms with Gasteiger partial charge in [-0.2, -0.15) is 0 Å². The number of quaternary nitrogens is 1. The van der Waals surface area contributed by atoms with Crippen LogP contribution in [0.2, 0.25) is 0 Å². The summed E-state index contributed by atoms with van der Waals surface area (Å²) in [6, 6.07) is -0.890. The van der Waals surface area contributed by atoms with Crippen molar-refractivity contribution >= 4 is 19.7 Å². The molecule has 1 amide bonds. The fourth-order valence-electron chi connectivity index (χ4n) is 10.2. The van der Waals surface area contributed by atoms with Crippen LogP contribution in [0.4, 0.5) is 0 Å². The van der Waals surface area contributed by atoms with Gasteiger partial charge >= 0.3 is 5.97 Å². The molecule has 456 valence electrons. The van der Waals surface area contributed by atoms with Crippen LogP contribution in [-0.4, -0.2) is 69.4 Å². The van der Waals surface area contributed by atoms with Crippen molar-refractivity contribution < 1.29 is 37.3 Å². The van der Waals surface area contributed by atoms with Gasteiger partial charge in [0.15, 0.2) is 0 Å². The summed E-state index contributed by atoms with van der Waals surface area (Å²) in [5.41, 5.74) is 0. The van der Waals surface area contributed by atoms with Crippen LogP contribution in [0, 0.1) is 0 Å². The van der Waals surface area contributed by atoms with Crippen molar-refractivity contribution in [2.45, 2.75) is 354 Å². The molecule has 0 aromatic rings. The van der Waals surface area contributed by atoms with Gasteiger partial charge < -0.3 is 28.5 Å². The van der Waals surface area contributed by atoms with Gasteiger partial charge in [-0.05, 0) is 57.4 Å². The number of hydrogen-bond acceptors (Lipinski definition) is 7. The van der Waals surface area contributed by atoms with Crippen molar-refractivity contribution in [2.75, 3.05) is 40.9 Å². The van der Waals surface area contributed by atoms with Crippen molar-refractivity contribution in [3.8, 4) is 0 Å². The molecule has 0 saturated carbocycles. The Morgan fingerprint density at radius 2 is 0.753 bits per heavy atom. The van der Waals surface area contributed by atoms with E-state index in [1.807, 2.05) is 33.3 Å². The van der Waals surface area contributed by atoms with Gasteiger partial charge in [0, 0.05) is 12.8 Å². The van der Waals surface area contributed by atoms with Gasteiger partial charge in [0.1, 0.15) is 19.3 Å². The van der Waals surface area contributed by atoms with Crippen LogP contribution in [0.3, 0.4) is 0 Å². The predicted octanol–water partition coefficient (Wildman–Crippen LogP) is 20.3. The Labute approximate surface area is 479 Å². The first-order valence-electron chi connectivity index (χ1n) is 33.6. The van der Waals surface area contributed by atoms with Gasteiger partial charge in [-0.1, -0.05) is 296 Å². The van der Waals surface area contributed by atoms with E-state index in [0.29, 0.717) is 17.4 Å². The highest BCUT2D eigenvalue weighted by Gasteiger charge is 2.27. The molecule has 3 unspecified atom stereocenters. The molecule has 0 aliphatic heterocycles. The lowest BCUT2D eigenvalue weighted by Crippen LogP contribution is -2.47. The Morgan fingerprint density at radius 3 is 1.12 bits per heavy atom. The zero-order valence-electron chi connectivity index (χ0n) is 52.2. The second kappa shape index (κ2) is 57.7. The Hall–Kier alpha value is -1.51. The minimum absolute atomic E-state index is 0.0214. The lowest BCUT2D eigenvalue weighted by Gasteiger charge is -2.30. The molecular weight excluding hydrogens is 976 g/mol. The summed E-state index contributed by atoms with van der Waals surface area (Å²) < 4.78 is 30.3. The van der Waals surface area contributed by atoms with Crippen molar-refractivity contribution in [1.29, 1.82) is 0 Å². The van der Waals surface area contributed by atoms with Gasteiger partial charge in [0.25, 0.3) is 7.82 Å². The van der Waals surface area contributed by atoms with E-state index >= 15 is 0 Å². The third-order valence-corrected chi connectivity index (χ3v) is 16.3. The molecule has 9 nitrogen and oxygen atoms in total. The van der Waals surface area contributed by atoms with Crippen LogP contribution in [0.25, 0.3) is 0 Å². The van der Waals surface area contributed by atoms with Gasteiger partial charge in [-0.15, -0.1) is 0 Å². The monoisotopic (exact) mass is 1110 g/mol. The van der Waals surface area contributed by atoms with Crippen LogP contribution in [-0.2, 0) is 27.9 Å². The van der Waals surface area contributed by atoms with Gasteiger partial charge in [-0.3, -0.25) is 14.2 Å². The fraction of sp³-hybridized carbons (Fsp3) is 0.910. The maximum Gasteiger partial charge on any atom is 0.306 e. The summed E-state index contributed by atoms with van der Waals surface area (Å²) in [5, 5.41) is 3.03. The number of rotatable bonds is 62. The summed E-state index contributed by atoms with van der Waals surface area (Å²) in [7, 11) is 1.19. The molecule has 0 aliphatic rings. The minimum atomic E-state index is -4.70. The highest BCUT2D eigenvalue weighted by atomic mass is 31.2. The summed E-state index contributed by atoms with van der Waals surface area (Å²) in [5.74, 6) is -0.541. The maximum absolute atomic E-state index is 13.5. The number of esters is 1. The van der Waals surface area contributed by atoms with E-state index in [0.717, 1.165) is 70.6 Å². The van der Waals surface area contributed by atoms with Crippen molar-refractivity contribution in [3.05, 3.63) is 24.3 Å². The summed E-state index contributed by atoms with van der Waals surface area (Å²) in [4.78, 5) is 40.0. The van der Waals surface area contributed by atoms with E-state index < -0.39 is 20.0 Å². The summed E-state index contributed by atoms with van der Waals surface area (Å²) in [6.07, 6.45) is 68.8. The van der Waals surface area contributed by atoms with E-state index in [1.165, 1.54) is 238 Å². The number of phosphoric ester groups is 1. The van der Waals surface area contributed by atoms with Crippen molar-refractivity contribution in [3.63, 3.8) is 0 Å². The van der Waals surface area contributed by atoms with E-state index in [1.54, 1.807) is 0 Å². The Bertz CT molecular complexity index is 1370. The zero-order valence-corrected chi connectivity index (χ0v) is 53.1. The van der Waals surface area contributed by atoms with Gasteiger partial charge in [0.05, 0.1) is 33.8 Å². The molecule has 0 heterocycles. The Kier molecular flexibility index (Phi) is 56.6. The fourth-order valence-corrected chi connectivity index (χ4v) is 10.9. The maximum atomic E-state index is 13.5. The minimum Gasteiger partial charge on any atom is -0.756 e. The standard InChI is InChI=1S/C67H131N2O7P/c1-7-10-13-16-19-22-25-28-30-31-32-33-34-35-36-37-38-39-40-42-45-48-51-54-57-60-67(71)76-65(58-55-52-49-46-43-27-24-21-18-15-12-9-3)64(63-75-77(72,73)74-62-61-69(4,5)6)68-66(70)59-56-53-50-47-44-41-29-26-23-20-17-14-11-8-2/h41,44,55,58,64-65H,7-40,42-43,45-54,56-57,59-63H2,1-6H3,(H-,68,70,72,73)/b44-41-,58-55-. The lowest BCUT2D eigenvalue weighted by atomic mass is 10.0. The molecule has 0 saturated heterocycles. The number of likely N-dealkylation sites (N-methyl/N-ethyl adjacent to an activating group) is 1. The Balaban J connectivity index is 5.03. The second-order valence-electron chi connectivity index (χ2n) is 24.3. The van der Waals surface area contributed by atoms with E-state index in [4.69, 9.17) is 13.8 Å². The molecule has 10 heteroatoms. The number of ether oxygens (including phenoxy) is 1. The largest absolute Gasteiger partial charge is 0.756 e. The molecule has 0 spiro atoms. The molecule has 3 atom stereocenters. The molecular formula is C67H131N2O7P. The second-order valence-corrected chi connectivity index (χ2v) is 25.7. The highest BCUT2D eigenvalue weighted by molar-refractivity contribution is 7.45. The summed E-state index contributed by atoms with van der Waals surface area (Å²) in [6.45, 7) is 6.88. The van der Waals surface area contributed by atoms with Crippen LogP contribution < -0.4 is 10.2 Å². The molecule has 0 aromatic carbocycles. The average molecular weight is 1110 g/mol. The average Bonchev–Trinajstić information content (AvgIpc) is 3.39. The van der Waals surface area contributed by atoms with Crippen LogP contribution in [0.15, 0.2) is 24.3 Å². The first-order valence-corrected chi connectivity index (χ1v) is 35.1. The molecule has 0 bridgehead atoms. The smallest absolute Gasteiger partial charge is 0.306 e. The number of allylic oxidation sites excluding steroid dienone is 3. The number of amides is 1. The van der Waals surface area contributed by atoms with Crippen LogP contribution in [0.1, 0.15) is 342 Å². The van der Waals surface area contributed by atoms with E-state index in [-0.39, 0.29) is 31.5 Å². The van der Waals surface area contributed by atoms with Gasteiger partial charge in [-0.25, -0.2) is 0 Å². The third-order valence-electron chi connectivity index (χ3n) is 15.4. The number of phosphoric acid groups is 1. The van der Waals surface area contributed by atoms with E-state index in [2.05, 4.69) is 38.2 Å². The zero-order chi connectivity index (χ0) is 56.4. The predicted molar refractivity (Wildman–Crippen MR) is 330 cm³/mol. The van der Waals surface area contributed by atoms with Crippen LogP contribution in [0.5, 0.6) is 0 Å². The molecule has 0 fully saturated rings. The Morgan fingerprint density at radius 1 is 0.442 bits per heavy atom. The van der Waals surface area contributed by atoms with Gasteiger partial charge in [0.2, 0.25) is 5.91 Å². The number of unbranched alkanes of at least 4 members (excludes halogenated alkanes) is 44. The van der Waals surface area contributed by atoms with Crippen molar-refractivity contribution in [2.24, 2.45) is 0 Å². The normalized spacial score (nSPS) is 13.7. The lowest BCUT2D eigenvalue weighted by molar-refractivity contribution is -0.870. The SMILES string of the molecule is CCCCCCCCC/C=C\CCCCCC(=O)NC(COP(=O)([O-])OCC[N+](C)(C)C)C(/C=C\CCCCCCCCCCCC)OC(=O)CCCCCCCCCCCCCCCCCCCCCCCCCCC. The quantitative estimate of drug-likeness (QED) is 0.0212. The molecule has 0 radical (unpaired) electrons. The third kappa shape index (κ3) is 58.9. The number of carbonyl (C=O) groups excluding carboxylic acids is 2. The van der Waals surface area contributed by atoms with E-state index in [9.17, 15) is 19.0 Å². The van der Waals surface area contributed by atoms with Crippen molar-refractivity contribution in [1.82, 2.24) is 5.32 Å². The summed E-state index contributed by atoms with van der Waals surface area (Å²) >= 11 is 0. The number of nitrogens with one attached hydrogen (secondary N) is 1. The molecule has 0 rings (SSSR count). The molecule has 0 aliphatic carbocycles. The highest BCUT2D eigenvalue weighted by Crippen LogP contribution is 2.38. The number of carbonyl (C=O) groups is 2. The number of nitrogens with zero attached hydrogens (tertiary/aromatic N) is 1. The first kappa shape index (κ1) is 75.5. The molecule has 0 aromatic heterocycles. The topological polar surface area (TPSA) is 114 Å². The molecule has 77 heavy (non-hydrogen) atoms. The van der Waals surface area contributed by atoms with Crippen LogP contribution >= 0.6 is 7.82 Å². The first-order chi connectivity index (χ1) is 37.4.